The standard InChI is InChI=1S/C10H12BrN.ClH/c1-2-3-10(12)8-4-6-9(11)7-5-8;/h2,4-7,10H,1,3,12H2;1H/t10-;/m1./s1. The molecule has 13 heavy (non-hydrogen) atoms. The van der Waals surface area contributed by atoms with Gasteiger partial charge in [-0.1, -0.05) is 34.1 Å². The molecule has 1 atom stereocenters. The number of nitrogens with two attached hydrogens (primary N) is 1. The van der Waals surface area contributed by atoms with Crippen molar-refractivity contribution in [3.63, 3.8) is 0 Å². The van der Waals surface area contributed by atoms with Crippen molar-refractivity contribution in [2.24, 2.45) is 5.73 Å². The van der Waals surface area contributed by atoms with Crippen LogP contribution >= 0.6 is 28.3 Å². The second kappa shape index (κ2) is 6.19. The third kappa shape index (κ3) is 3.94. The molecule has 0 radical (unpaired) electrons. The van der Waals surface area contributed by atoms with Crippen molar-refractivity contribution in [3.8, 4) is 0 Å². The average molecular weight is 263 g/mol. The molecule has 1 aromatic rings. The molecule has 0 aliphatic carbocycles. The molecule has 0 aromatic heterocycles. The van der Waals surface area contributed by atoms with Crippen molar-refractivity contribution in [2.45, 2.75) is 12.5 Å². The van der Waals surface area contributed by atoms with Gasteiger partial charge in [0.25, 0.3) is 0 Å². The van der Waals surface area contributed by atoms with E-state index in [4.69, 9.17) is 5.73 Å². The third-order valence-corrected chi connectivity index (χ3v) is 2.25. The first-order valence-corrected chi connectivity index (χ1v) is 4.65. The van der Waals surface area contributed by atoms with Crippen LogP contribution < -0.4 is 5.73 Å². The molecule has 0 aliphatic rings. The first kappa shape index (κ1) is 12.7. The Morgan fingerprint density at radius 1 is 1.38 bits per heavy atom. The van der Waals surface area contributed by atoms with Gasteiger partial charge in [0.2, 0.25) is 0 Å². The lowest BCUT2D eigenvalue weighted by molar-refractivity contribution is 0.742. The number of hydrogen-bond acceptors (Lipinski definition) is 1. The molecule has 0 saturated carbocycles. The van der Waals surface area contributed by atoms with Crippen molar-refractivity contribution < 1.29 is 0 Å². The molecule has 0 aliphatic heterocycles. The molecule has 1 aromatic carbocycles. The summed E-state index contributed by atoms with van der Waals surface area (Å²) in [6.07, 6.45) is 2.66. The van der Waals surface area contributed by atoms with Gasteiger partial charge in [-0.25, -0.2) is 0 Å². The van der Waals surface area contributed by atoms with E-state index < -0.39 is 0 Å². The summed E-state index contributed by atoms with van der Waals surface area (Å²) in [4.78, 5) is 0. The van der Waals surface area contributed by atoms with Crippen molar-refractivity contribution >= 4 is 28.3 Å². The van der Waals surface area contributed by atoms with Gasteiger partial charge in [-0.05, 0) is 24.1 Å². The van der Waals surface area contributed by atoms with Crippen LogP contribution in [-0.4, -0.2) is 0 Å². The van der Waals surface area contributed by atoms with E-state index >= 15 is 0 Å². The Morgan fingerprint density at radius 3 is 2.38 bits per heavy atom. The summed E-state index contributed by atoms with van der Waals surface area (Å²) < 4.78 is 1.08. The van der Waals surface area contributed by atoms with Gasteiger partial charge in [-0.15, -0.1) is 19.0 Å². The lowest BCUT2D eigenvalue weighted by atomic mass is 10.1. The molecule has 3 heteroatoms. The summed E-state index contributed by atoms with van der Waals surface area (Å²) in [6.45, 7) is 3.65. The van der Waals surface area contributed by atoms with Gasteiger partial charge >= 0.3 is 0 Å². The number of rotatable bonds is 3. The van der Waals surface area contributed by atoms with Gasteiger partial charge in [0.05, 0.1) is 0 Å². The average Bonchev–Trinajstić information content (AvgIpc) is 2.06. The molecular formula is C10H13BrClN. The quantitative estimate of drug-likeness (QED) is 0.830. The van der Waals surface area contributed by atoms with E-state index in [1.54, 1.807) is 0 Å². The fraction of sp³-hybridized carbons (Fsp3) is 0.200. The van der Waals surface area contributed by atoms with Crippen molar-refractivity contribution in [2.75, 3.05) is 0 Å². The first-order valence-electron chi connectivity index (χ1n) is 3.86. The normalized spacial score (nSPS) is 11.5. The third-order valence-electron chi connectivity index (χ3n) is 1.72. The first-order chi connectivity index (χ1) is 5.74. The van der Waals surface area contributed by atoms with Gasteiger partial charge in [0.15, 0.2) is 0 Å². The summed E-state index contributed by atoms with van der Waals surface area (Å²) >= 11 is 3.37. The van der Waals surface area contributed by atoms with Gasteiger partial charge in [0, 0.05) is 10.5 Å². The topological polar surface area (TPSA) is 26.0 Å². The molecule has 0 bridgehead atoms. The highest BCUT2D eigenvalue weighted by Gasteiger charge is 2.01. The molecule has 0 spiro atoms. The summed E-state index contributed by atoms with van der Waals surface area (Å²) in [5.41, 5.74) is 7.02. The molecule has 0 fully saturated rings. The predicted molar refractivity (Wildman–Crippen MR) is 63.1 cm³/mol. The van der Waals surface area contributed by atoms with E-state index in [-0.39, 0.29) is 18.4 Å². The van der Waals surface area contributed by atoms with Crippen LogP contribution in [0.1, 0.15) is 18.0 Å². The SMILES string of the molecule is C=CC[C@@H](N)c1ccc(Br)cc1.Cl. The maximum Gasteiger partial charge on any atom is 0.0329 e. The van der Waals surface area contributed by atoms with E-state index in [1.165, 1.54) is 0 Å². The second-order valence-corrected chi connectivity index (χ2v) is 3.60. The van der Waals surface area contributed by atoms with Crippen molar-refractivity contribution in [1.29, 1.82) is 0 Å². The molecular weight excluding hydrogens is 249 g/mol. The lowest BCUT2D eigenvalue weighted by Gasteiger charge is -2.08. The van der Waals surface area contributed by atoms with Crippen LogP contribution in [0.15, 0.2) is 41.4 Å². The highest BCUT2D eigenvalue weighted by molar-refractivity contribution is 9.10. The minimum Gasteiger partial charge on any atom is -0.324 e. The molecule has 72 valence electrons. The number of benzene rings is 1. The zero-order valence-corrected chi connectivity index (χ0v) is 9.64. The molecule has 0 unspecified atom stereocenters. The van der Waals surface area contributed by atoms with E-state index in [0.29, 0.717) is 0 Å². The molecule has 0 heterocycles. The maximum atomic E-state index is 5.87. The molecule has 2 N–H and O–H groups in total. The van der Waals surface area contributed by atoms with Crippen molar-refractivity contribution in [1.82, 2.24) is 0 Å². The lowest BCUT2D eigenvalue weighted by Crippen LogP contribution is -2.08. The summed E-state index contributed by atoms with van der Waals surface area (Å²) in [7, 11) is 0. The fourth-order valence-corrected chi connectivity index (χ4v) is 1.29. The summed E-state index contributed by atoms with van der Waals surface area (Å²) in [5.74, 6) is 0. The van der Waals surface area contributed by atoms with Crippen LogP contribution in [0.2, 0.25) is 0 Å². The van der Waals surface area contributed by atoms with E-state index in [9.17, 15) is 0 Å². The van der Waals surface area contributed by atoms with Crippen LogP contribution in [0.3, 0.4) is 0 Å². The highest BCUT2D eigenvalue weighted by atomic mass is 79.9. The van der Waals surface area contributed by atoms with E-state index in [2.05, 4.69) is 22.5 Å². The van der Waals surface area contributed by atoms with Crippen LogP contribution in [0.4, 0.5) is 0 Å². The minimum atomic E-state index is 0. The second-order valence-electron chi connectivity index (χ2n) is 2.68. The van der Waals surface area contributed by atoms with Gasteiger partial charge in [0.1, 0.15) is 0 Å². The fourth-order valence-electron chi connectivity index (χ4n) is 1.03. The maximum absolute atomic E-state index is 5.87. The van der Waals surface area contributed by atoms with Gasteiger partial charge in [-0.2, -0.15) is 0 Å². The van der Waals surface area contributed by atoms with Crippen LogP contribution in [0, 0.1) is 0 Å². The summed E-state index contributed by atoms with van der Waals surface area (Å²) in [6, 6.07) is 8.13. The Hall–Kier alpha value is -0.310. The Labute approximate surface area is 93.6 Å². The number of hydrogen-bond donors (Lipinski definition) is 1. The zero-order valence-electron chi connectivity index (χ0n) is 7.24. The summed E-state index contributed by atoms with van der Waals surface area (Å²) in [5, 5.41) is 0. The highest BCUT2D eigenvalue weighted by Crippen LogP contribution is 2.17. The monoisotopic (exact) mass is 261 g/mol. The molecule has 1 rings (SSSR count). The Balaban J connectivity index is 0.00000144. The largest absolute Gasteiger partial charge is 0.324 e. The molecule has 0 amide bonds. The molecule has 0 saturated heterocycles. The van der Waals surface area contributed by atoms with Crippen LogP contribution in [0.5, 0.6) is 0 Å². The minimum absolute atomic E-state index is 0. The van der Waals surface area contributed by atoms with Crippen LogP contribution in [-0.2, 0) is 0 Å². The predicted octanol–water partition coefficient (Wildman–Crippen LogP) is 3.45. The van der Waals surface area contributed by atoms with Gasteiger partial charge in [-0.3, -0.25) is 0 Å². The Kier molecular flexibility index (Phi) is 6.04. The Morgan fingerprint density at radius 2 is 1.92 bits per heavy atom. The van der Waals surface area contributed by atoms with Gasteiger partial charge < -0.3 is 5.73 Å². The van der Waals surface area contributed by atoms with E-state index in [1.807, 2.05) is 30.3 Å². The molecule has 1 nitrogen and oxygen atoms in total. The van der Waals surface area contributed by atoms with E-state index in [0.717, 1.165) is 16.5 Å². The van der Waals surface area contributed by atoms with Crippen LogP contribution in [0.25, 0.3) is 0 Å². The number of halogens is 2. The van der Waals surface area contributed by atoms with Crippen molar-refractivity contribution in [3.05, 3.63) is 47.0 Å². The Bertz CT molecular complexity index is 258. The smallest absolute Gasteiger partial charge is 0.0329 e. The zero-order chi connectivity index (χ0) is 8.97.